The summed E-state index contributed by atoms with van der Waals surface area (Å²) in [5.74, 6) is 2.99. The molecule has 0 radical (unpaired) electrons. The van der Waals surface area contributed by atoms with E-state index in [0.717, 1.165) is 49.9 Å². The van der Waals surface area contributed by atoms with E-state index < -0.39 is 0 Å². The quantitative estimate of drug-likeness (QED) is 0.497. The third-order valence-corrected chi connectivity index (χ3v) is 6.12. The highest BCUT2D eigenvalue weighted by Crippen LogP contribution is 2.31. The molecule has 2 heterocycles. The molecule has 0 aromatic heterocycles. The molecule has 3 rings (SSSR count). The smallest absolute Gasteiger partial charge is 0.193 e. The second-order valence-corrected chi connectivity index (χ2v) is 8.11. The van der Waals surface area contributed by atoms with Gasteiger partial charge < -0.3 is 10.2 Å². The Morgan fingerprint density at radius 3 is 2.84 bits per heavy atom. The van der Waals surface area contributed by atoms with Gasteiger partial charge >= 0.3 is 0 Å². The number of nitrogens with one attached hydrogen (secondary N) is 1. The van der Waals surface area contributed by atoms with E-state index in [1.807, 2.05) is 18.8 Å². The van der Waals surface area contributed by atoms with E-state index in [9.17, 15) is 0 Å². The van der Waals surface area contributed by atoms with Crippen molar-refractivity contribution in [2.45, 2.75) is 31.8 Å². The van der Waals surface area contributed by atoms with E-state index in [1.165, 1.54) is 31.4 Å². The van der Waals surface area contributed by atoms with Crippen LogP contribution in [0.3, 0.4) is 0 Å². The molecule has 0 amide bonds. The number of aliphatic imine (C=N–C) groups is 1. The third kappa shape index (κ3) is 4.91. The molecule has 2 fully saturated rings. The number of likely N-dealkylation sites (tertiary alicyclic amines) is 2. The van der Waals surface area contributed by atoms with E-state index in [0.29, 0.717) is 0 Å². The molecular weight excluding hydrogens is 328 g/mol. The molecule has 1 aromatic carbocycles. The Bertz CT molecular complexity index is 548. The highest BCUT2D eigenvalue weighted by molar-refractivity contribution is 7.98. The first-order chi connectivity index (χ1) is 12.3. The Hall–Kier alpha value is -1.20. The molecule has 2 aliphatic rings. The van der Waals surface area contributed by atoms with Gasteiger partial charge in [-0.3, -0.25) is 9.89 Å². The monoisotopic (exact) mass is 360 g/mol. The van der Waals surface area contributed by atoms with Crippen molar-refractivity contribution in [3.05, 3.63) is 35.9 Å². The average Bonchev–Trinajstić information content (AvgIpc) is 2.66. The Kier molecular flexibility index (Phi) is 7.05. The molecule has 0 aliphatic carbocycles. The first kappa shape index (κ1) is 18.6. The van der Waals surface area contributed by atoms with Crippen molar-refractivity contribution in [2.24, 2.45) is 10.9 Å². The predicted molar refractivity (Wildman–Crippen MR) is 109 cm³/mol. The van der Waals surface area contributed by atoms with Crippen LogP contribution in [0, 0.1) is 5.92 Å². The van der Waals surface area contributed by atoms with Crippen LogP contribution in [0.1, 0.15) is 24.8 Å². The molecule has 2 atom stereocenters. The van der Waals surface area contributed by atoms with Crippen LogP contribution in [0.4, 0.5) is 0 Å². The van der Waals surface area contributed by atoms with Crippen molar-refractivity contribution in [2.75, 3.05) is 45.2 Å². The third-order valence-electron chi connectivity index (χ3n) is 5.51. The van der Waals surface area contributed by atoms with Crippen molar-refractivity contribution in [1.29, 1.82) is 0 Å². The number of rotatable bonds is 5. The summed E-state index contributed by atoms with van der Waals surface area (Å²) in [4.78, 5) is 9.72. The Labute approximate surface area is 157 Å². The molecule has 1 aromatic rings. The van der Waals surface area contributed by atoms with Gasteiger partial charge in [0.1, 0.15) is 0 Å². The number of nitrogens with zero attached hydrogens (tertiary/aromatic N) is 3. The molecule has 1 N–H and O–H groups in total. The van der Waals surface area contributed by atoms with Gasteiger partial charge in [-0.1, -0.05) is 30.3 Å². The van der Waals surface area contributed by atoms with Crippen molar-refractivity contribution in [3.63, 3.8) is 0 Å². The minimum absolute atomic E-state index is 0.731. The van der Waals surface area contributed by atoms with E-state index in [-0.39, 0.29) is 0 Å². The lowest BCUT2D eigenvalue weighted by Crippen LogP contribution is -2.56. The Morgan fingerprint density at radius 2 is 2.08 bits per heavy atom. The highest BCUT2D eigenvalue weighted by atomic mass is 32.2. The summed E-state index contributed by atoms with van der Waals surface area (Å²) in [5, 5.41) is 3.53. The summed E-state index contributed by atoms with van der Waals surface area (Å²) < 4.78 is 0. The normalized spacial score (nSPS) is 24.9. The average molecular weight is 361 g/mol. The molecule has 5 heteroatoms. The van der Waals surface area contributed by atoms with E-state index >= 15 is 0 Å². The summed E-state index contributed by atoms with van der Waals surface area (Å²) in [6.45, 7) is 5.61. The Morgan fingerprint density at radius 1 is 1.24 bits per heavy atom. The molecule has 2 saturated heterocycles. The van der Waals surface area contributed by atoms with Gasteiger partial charge in [0, 0.05) is 45.0 Å². The first-order valence-electron chi connectivity index (χ1n) is 9.54. The fraction of sp³-hybridized carbons (Fsp3) is 0.650. The second-order valence-electron chi connectivity index (χ2n) is 7.13. The number of guanidine groups is 1. The van der Waals surface area contributed by atoms with Crippen LogP contribution < -0.4 is 5.32 Å². The van der Waals surface area contributed by atoms with Crippen LogP contribution in [-0.2, 0) is 6.54 Å². The number of thioether (sulfide) groups is 1. The molecule has 2 unspecified atom stereocenters. The van der Waals surface area contributed by atoms with Gasteiger partial charge in [-0.15, -0.1) is 0 Å². The predicted octanol–water partition coefficient (Wildman–Crippen LogP) is 2.91. The summed E-state index contributed by atoms with van der Waals surface area (Å²) in [6, 6.07) is 11.7. The highest BCUT2D eigenvalue weighted by Gasteiger charge is 2.36. The number of hydrogen-bond acceptors (Lipinski definition) is 3. The largest absolute Gasteiger partial charge is 0.355 e. The fourth-order valence-corrected chi connectivity index (χ4v) is 4.62. The molecular formula is C20H32N4S. The van der Waals surface area contributed by atoms with Crippen LogP contribution in [0.2, 0.25) is 0 Å². The number of benzene rings is 1. The number of piperidine rings is 2. The lowest BCUT2D eigenvalue weighted by molar-refractivity contribution is 0.0373. The van der Waals surface area contributed by atoms with Gasteiger partial charge in [-0.05, 0) is 43.5 Å². The summed E-state index contributed by atoms with van der Waals surface area (Å²) in [7, 11) is 1.91. The molecule has 4 nitrogen and oxygen atoms in total. The van der Waals surface area contributed by atoms with Crippen LogP contribution in [-0.4, -0.2) is 67.0 Å². The van der Waals surface area contributed by atoms with Crippen LogP contribution in [0.5, 0.6) is 0 Å². The second kappa shape index (κ2) is 9.48. The number of fused-ring (bicyclic) bond motifs is 1. The topological polar surface area (TPSA) is 30.9 Å². The van der Waals surface area contributed by atoms with Crippen molar-refractivity contribution >= 4 is 17.7 Å². The van der Waals surface area contributed by atoms with E-state index in [1.54, 1.807) is 0 Å². The summed E-state index contributed by atoms with van der Waals surface area (Å²) >= 11 is 1.88. The maximum absolute atomic E-state index is 4.52. The molecule has 0 spiro atoms. The zero-order chi connectivity index (χ0) is 17.5. The SMILES string of the molecule is CN=C(NCCSC)N1CCC2C(CCCN2Cc2ccccc2)C1. The zero-order valence-corrected chi connectivity index (χ0v) is 16.5. The van der Waals surface area contributed by atoms with Gasteiger partial charge in [-0.25, -0.2) is 0 Å². The molecule has 25 heavy (non-hydrogen) atoms. The van der Waals surface area contributed by atoms with Crippen LogP contribution in [0.25, 0.3) is 0 Å². The summed E-state index contributed by atoms with van der Waals surface area (Å²) in [5.41, 5.74) is 1.44. The standard InChI is InChI=1S/C20H32N4S/c1-21-20(22-11-14-25-2)24-13-10-19-18(16-24)9-6-12-23(19)15-17-7-4-3-5-8-17/h3-5,7-8,18-19H,6,9-16H2,1-2H3,(H,21,22). The van der Waals surface area contributed by atoms with Crippen molar-refractivity contribution < 1.29 is 0 Å². The Balaban J connectivity index is 1.58. The maximum atomic E-state index is 4.52. The lowest BCUT2D eigenvalue weighted by Gasteiger charge is -2.48. The van der Waals surface area contributed by atoms with Gasteiger partial charge in [0.15, 0.2) is 5.96 Å². The summed E-state index contributed by atoms with van der Waals surface area (Å²) in [6.07, 6.45) is 6.08. The number of hydrogen-bond donors (Lipinski definition) is 1. The molecule has 2 aliphatic heterocycles. The van der Waals surface area contributed by atoms with E-state index in [2.05, 4.69) is 56.7 Å². The van der Waals surface area contributed by atoms with Crippen LogP contribution >= 0.6 is 11.8 Å². The van der Waals surface area contributed by atoms with Crippen molar-refractivity contribution in [1.82, 2.24) is 15.1 Å². The fourth-order valence-electron chi connectivity index (χ4n) is 4.31. The maximum Gasteiger partial charge on any atom is 0.193 e. The zero-order valence-electron chi connectivity index (χ0n) is 15.7. The molecule has 0 saturated carbocycles. The van der Waals surface area contributed by atoms with Crippen molar-refractivity contribution in [3.8, 4) is 0 Å². The van der Waals surface area contributed by atoms with Gasteiger partial charge in [-0.2, -0.15) is 11.8 Å². The first-order valence-corrected chi connectivity index (χ1v) is 10.9. The molecule has 0 bridgehead atoms. The van der Waals surface area contributed by atoms with Gasteiger partial charge in [0.05, 0.1) is 0 Å². The molecule has 138 valence electrons. The minimum Gasteiger partial charge on any atom is -0.355 e. The van der Waals surface area contributed by atoms with Crippen LogP contribution in [0.15, 0.2) is 35.3 Å². The van der Waals surface area contributed by atoms with Gasteiger partial charge in [0.2, 0.25) is 0 Å². The van der Waals surface area contributed by atoms with E-state index in [4.69, 9.17) is 0 Å². The minimum atomic E-state index is 0.731. The van der Waals surface area contributed by atoms with Gasteiger partial charge in [0.25, 0.3) is 0 Å². The lowest BCUT2D eigenvalue weighted by atomic mass is 9.83.